The van der Waals surface area contributed by atoms with Gasteiger partial charge in [-0.05, 0) is 36.4 Å². The molecule has 0 radical (unpaired) electrons. The first kappa shape index (κ1) is 11.3. The molecule has 2 aromatic heterocycles. The second kappa shape index (κ2) is 4.36. The summed E-state index contributed by atoms with van der Waals surface area (Å²) in [5, 5.41) is 3.85. The summed E-state index contributed by atoms with van der Waals surface area (Å²) in [6.07, 6.45) is 3.07. The molecule has 5 nitrogen and oxygen atoms in total. The van der Waals surface area contributed by atoms with E-state index in [9.17, 15) is 4.79 Å². The Kier molecular flexibility index (Phi) is 3.08. The number of aromatic nitrogens is 3. The SMILES string of the molecule is Cc1noc(C)c1Cn1cncc(I)c1=O. The molecule has 6 heteroatoms. The number of halogens is 1. The summed E-state index contributed by atoms with van der Waals surface area (Å²) in [6.45, 7) is 4.14. The van der Waals surface area contributed by atoms with Gasteiger partial charge >= 0.3 is 0 Å². The van der Waals surface area contributed by atoms with Crippen LogP contribution in [-0.4, -0.2) is 14.7 Å². The summed E-state index contributed by atoms with van der Waals surface area (Å²) in [5.74, 6) is 0.739. The molecule has 16 heavy (non-hydrogen) atoms. The van der Waals surface area contributed by atoms with E-state index in [1.54, 1.807) is 10.8 Å². The lowest BCUT2D eigenvalue weighted by molar-refractivity contribution is 0.392. The second-order valence-corrected chi connectivity index (χ2v) is 4.64. The van der Waals surface area contributed by atoms with Gasteiger partial charge in [-0.15, -0.1) is 0 Å². The summed E-state index contributed by atoms with van der Waals surface area (Å²) in [7, 11) is 0. The van der Waals surface area contributed by atoms with Gasteiger partial charge in [0.15, 0.2) is 0 Å². The van der Waals surface area contributed by atoms with E-state index in [2.05, 4.69) is 10.1 Å². The van der Waals surface area contributed by atoms with Crippen LogP contribution < -0.4 is 5.56 Å². The van der Waals surface area contributed by atoms with E-state index in [1.165, 1.54) is 6.33 Å². The fourth-order valence-corrected chi connectivity index (χ4v) is 1.91. The van der Waals surface area contributed by atoms with Gasteiger partial charge in [-0.1, -0.05) is 5.16 Å². The zero-order chi connectivity index (χ0) is 11.7. The zero-order valence-electron chi connectivity index (χ0n) is 8.90. The van der Waals surface area contributed by atoms with Gasteiger partial charge in [0.2, 0.25) is 0 Å². The summed E-state index contributed by atoms with van der Waals surface area (Å²) < 4.78 is 7.20. The maximum Gasteiger partial charge on any atom is 0.267 e. The Labute approximate surface area is 106 Å². The lowest BCUT2D eigenvalue weighted by Gasteiger charge is -2.04. The lowest BCUT2D eigenvalue weighted by Crippen LogP contribution is -2.23. The molecule has 0 aliphatic carbocycles. The fourth-order valence-electron chi connectivity index (χ4n) is 1.43. The number of nitrogens with zero attached hydrogens (tertiary/aromatic N) is 3. The minimum absolute atomic E-state index is 0.0457. The van der Waals surface area contributed by atoms with Crippen molar-refractivity contribution in [2.24, 2.45) is 0 Å². The summed E-state index contributed by atoms with van der Waals surface area (Å²) in [4.78, 5) is 15.8. The third kappa shape index (κ3) is 2.01. The Bertz CT molecular complexity index is 554. The van der Waals surface area contributed by atoms with Gasteiger partial charge in [-0.25, -0.2) is 4.98 Å². The van der Waals surface area contributed by atoms with Gasteiger partial charge < -0.3 is 4.52 Å². The van der Waals surface area contributed by atoms with E-state index >= 15 is 0 Å². The molecule has 2 aromatic rings. The molecular weight excluding hydrogens is 321 g/mol. The van der Waals surface area contributed by atoms with Crippen molar-refractivity contribution in [2.75, 3.05) is 0 Å². The Morgan fingerprint density at radius 1 is 1.50 bits per heavy atom. The van der Waals surface area contributed by atoms with Crippen molar-refractivity contribution in [1.29, 1.82) is 0 Å². The van der Waals surface area contributed by atoms with E-state index < -0.39 is 0 Å². The molecule has 0 saturated heterocycles. The Morgan fingerprint density at radius 2 is 2.25 bits per heavy atom. The van der Waals surface area contributed by atoms with Crippen molar-refractivity contribution in [3.05, 3.63) is 43.5 Å². The van der Waals surface area contributed by atoms with Crippen LogP contribution >= 0.6 is 22.6 Å². The predicted octanol–water partition coefficient (Wildman–Crippen LogP) is 1.50. The topological polar surface area (TPSA) is 60.9 Å². The molecule has 0 aliphatic rings. The van der Waals surface area contributed by atoms with E-state index in [0.29, 0.717) is 10.1 Å². The monoisotopic (exact) mass is 331 g/mol. The lowest BCUT2D eigenvalue weighted by atomic mass is 10.2. The van der Waals surface area contributed by atoms with Crippen LogP contribution in [0, 0.1) is 17.4 Å². The Morgan fingerprint density at radius 3 is 2.88 bits per heavy atom. The van der Waals surface area contributed by atoms with Crippen LogP contribution in [-0.2, 0) is 6.54 Å². The van der Waals surface area contributed by atoms with Crippen LogP contribution in [0.4, 0.5) is 0 Å². The molecule has 0 fully saturated rings. The highest BCUT2D eigenvalue weighted by Crippen LogP contribution is 2.12. The molecule has 0 unspecified atom stereocenters. The standard InChI is InChI=1S/C10H10IN3O2/c1-6-8(7(2)16-13-6)4-14-5-12-3-9(11)10(14)15/h3,5H,4H2,1-2H3. The number of aryl methyl sites for hydroxylation is 2. The molecule has 0 aromatic carbocycles. The van der Waals surface area contributed by atoms with E-state index in [4.69, 9.17) is 4.52 Å². The zero-order valence-corrected chi connectivity index (χ0v) is 11.1. The Balaban J connectivity index is 2.42. The average Bonchev–Trinajstić information content (AvgIpc) is 2.56. The van der Waals surface area contributed by atoms with E-state index in [0.717, 1.165) is 17.0 Å². The van der Waals surface area contributed by atoms with E-state index in [-0.39, 0.29) is 5.56 Å². The number of rotatable bonds is 2. The van der Waals surface area contributed by atoms with Crippen LogP contribution in [0.25, 0.3) is 0 Å². The van der Waals surface area contributed by atoms with Gasteiger partial charge in [-0.3, -0.25) is 9.36 Å². The smallest absolute Gasteiger partial charge is 0.267 e. The molecule has 84 valence electrons. The summed E-state index contributed by atoms with van der Waals surface area (Å²) in [6, 6.07) is 0. The largest absolute Gasteiger partial charge is 0.361 e. The molecule has 0 atom stereocenters. The third-order valence-electron chi connectivity index (χ3n) is 2.37. The highest BCUT2D eigenvalue weighted by atomic mass is 127. The molecule has 0 spiro atoms. The quantitative estimate of drug-likeness (QED) is 0.783. The molecular formula is C10H10IN3O2. The Hall–Kier alpha value is -1.18. The molecule has 0 N–H and O–H groups in total. The average molecular weight is 331 g/mol. The van der Waals surface area contributed by atoms with Crippen molar-refractivity contribution in [2.45, 2.75) is 20.4 Å². The predicted molar refractivity (Wildman–Crippen MR) is 66.3 cm³/mol. The van der Waals surface area contributed by atoms with Gasteiger partial charge in [0.05, 0.1) is 22.1 Å². The molecule has 0 saturated carbocycles. The van der Waals surface area contributed by atoms with Crippen molar-refractivity contribution >= 4 is 22.6 Å². The fraction of sp³-hybridized carbons (Fsp3) is 0.300. The molecule has 0 bridgehead atoms. The first-order valence-corrected chi connectivity index (χ1v) is 5.79. The molecule has 0 amide bonds. The first-order valence-electron chi connectivity index (χ1n) is 4.71. The third-order valence-corrected chi connectivity index (χ3v) is 3.11. The van der Waals surface area contributed by atoms with Crippen LogP contribution in [0.2, 0.25) is 0 Å². The molecule has 0 aliphatic heterocycles. The molecule has 2 heterocycles. The first-order chi connectivity index (χ1) is 7.59. The summed E-state index contributed by atoms with van der Waals surface area (Å²) in [5.41, 5.74) is 1.70. The van der Waals surface area contributed by atoms with Gasteiger partial charge in [0.1, 0.15) is 5.76 Å². The molecule has 2 rings (SSSR count). The number of hydrogen-bond donors (Lipinski definition) is 0. The van der Waals surface area contributed by atoms with Gasteiger partial charge in [0.25, 0.3) is 5.56 Å². The second-order valence-electron chi connectivity index (χ2n) is 3.48. The van der Waals surface area contributed by atoms with Crippen LogP contribution in [0.3, 0.4) is 0 Å². The van der Waals surface area contributed by atoms with Crippen molar-refractivity contribution in [1.82, 2.24) is 14.7 Å². The summed E-state index contributed by atoms with van der Waals surface area (Å²) >= 11 is 1.97. The van der Waals surface area contributed by atoms with Crippen LogP contribution in [0.1, 0.15) is 17.0 Å². The van der Waals surface area contributed by atoms with Crippen LogP contribution in [0.5, 0.6) is 0 Å². The van der Waals surface area contributed by atoms with Crippen molar-refractivity contribution in [3.63, 3.8) is 0 Å². The number of hydrogen-bond acceptors (Lipinski definition) is 4. The highest BCUT2D eigenvalue weighted by molar-refractivity contribution is 14.1. The minimum atomic E-state index is -0.0457. The van der Waals surface area contributed by atoms with Crippen molar-refractivity contribution < 1.29 is 4.52 Å². The maximum absolute atomic E-state index is 11.8. The van der Waals surface area contributed by atoms with E-state index in [1.807, 2.05) is 36.4 Å². The maximum atomic E-state index is 11.8. The van der Waals surface area contributed by atoms with Crippen molar-refractivity contribution in [3.8, 4) is 0 Å². The minimum Gasteiger partial charge on any atom is -0.361 e. The normalized spacial score (nSPS) is 10.7. The van der Waals surface area contributed by atoms with Crippen LogP contribution in [0.15, 0.2) is 21.8 Å². The van der Waals surface area contributed by atoms with Gasteiger partial charge in [0, 0.05) is 11.8 Å². The van der Waals surface area contributed by atoms with Gasteiger partial charge in [-0.2, -0.15) is 0 Å². The highest BCUT2D eigenvalue weighted by Gasteiger charge is 2.10.